The standard InChI is InChI=1S/C38H47N5O8S2/c1-43(26-20-23(21-27(43)35-34(26)51-35)50-36(47)38(49,30-8-5-18-52-30)31-9-6-19-53-31)17-7-16-41-37(48)40-15-4-2-3-14-39-22-29(45)24-10-12-28(44)33-25(24)11-13-32(46)42-33/h5-6,8-13,18-19,23,26-27,29,34-35,39,45,49H,2-4,7,14-17,20-22H2,1H3,(H3-,40,41,42,44,46,48)/p+1/t23?,26?,27?,29-,34?,35?,43?/m0/s1. The van der Waals surface area contributed by atoms with Gasteiger partial charge in [0.1, 0.15) is 36.1 Å². The Morgan fingerprint density at radius 2 is 1.62 bits per heavy atom. The van der Waals surface area contributed by atoms with Gasteiger partial charge in [-0.05, 0) is 60.0 Å². The number of rotatable bonds is 17. The first-order chi connectivity index (χ1) is 25.6. The number of carbonyl (C=O) groups excluding carboxylic acids is 2. The number of hydrogen-bond donors (Lipinski definition) is 7. The second-order valence-electron chi connectivity index (χ2n) is 14.5. The van der Waals surface area contributed by atoms with Crippen LogP contribution in [0.2, 0.25) is 0 Å². The highest BCUT2D eigenvalue weighted by molar-refractivity contribution is 7.12. The summed E-state index contributed by atoms with van der Waals surface area (Å²) >= 11 is 2.68. The first kappa shape index (κ1) is 37.5. The lowest BCUT2D eigenvalue weighted by Crippen LogP contribution is -2.63. The number of epoxide rings is 1. The van der Waals surface area contributed by atoms with Crippen LogP contribution in [-0.2, 0) is 19.9 Å². The molecule has 15 heteroatoms. The molecule has 4 unspecified atom stereocenters. The molecule has 0 radical (unpaired) electrons. The second kappa shape index (κ2) is 15.9. The molecular formula is C38H48N5O8S2+. The summed E-state index contributed by atoms with van der Waals surface area (Å²) in [5.41, 5.74) is -1.19. The first-order valence-electron chi connectivity index (χ1n) is 18.4. The minimum atomic E-state index is -1.82. The van der Waals surface area contributed by atoms with Crippen LogP contribution in [0.15, 0.2) is 64.1 Å². The molecule has 3 aromatic heterocycles. The van der Waals surface area contributed by atoms with Crippen molar-refractivity contribution < 1.29 is 38.9 Å². The zero-order valence-electron chi connectivity index (χ0n) is 29.7. The van der Waals surface area contributed by atoms with E-state index in [2.05, 4.69) is 28.0 Å². The number of aliphatic hydroxyl groups excluding tert-OH is 1. The number of carbonyl (C=O) groups is 2. The number of unbranched alkanes of at least 4 members (excludes halogenated alkanes) is 2. The SMILES string of the molecule is C[N+]1(CCCNC(=O)NCCCCCNC[C@H](O)c2ccc(O)c3[nH]c(=O)ccc23)C2CC(OC(=O)C(O)(c3cccs3)c3cccs3)CC1C1OC12. The van der Waals surface area contributed by atoms with Gasteiger partial charge in [0.25, 0.3) is 0 Å². The number of morpholine rings is 1. The van der Waals surface area contributed by atoms with Crippen LogP contribution < -0.4 is 21.5 Å². The quantitative estimate of drug-likeness (QED) is 0.0366. The molecule has 1 aromatic carbocycles. The zero-order chi connectivity index (χ0) is 37.2. The number of aromatic nitrogens is 1. The van der Waals surface area contributed by atoms with Crippen LogP contribution in [0, 0.1) is 0 Å². The Morgan fingerprint density at radius 1 is 0.962 bits per heavy atom. The van der Waals surface area contributed by atoms with Crippen LogP contribution in [0.5, 0.6) is 5.75 Å². The van der Waals surface area contributed by atoms with Gasteiger partial charge >= 0.3 is 12.0 Å². The van der Waals surface area contributed by atoms with Crippen molar-refractivity contribution >= 4 is 45.6 Å². The number of urea groups is 1. The molecule has 3 saturated heterocycles. The highest BCUT2D eigenvalue weighted by atomic mass is 32.1. The van der Waals surface area contributed by atoms with Gasteiger partial charge < -0.3 is 50.2 Å². The summed E-state index contributed by atoms with van der Waals surface area (Å²) in [4.78, 5) is 41.4. The molecule has 13 nitrogen and oxygen atoms in total. The molecule has 4 aromatic rings. The Bertz CT molecular complexity index is 1880. The maximum atomic E-state index is 13.6. The molecule has 0 aliphatic carbocycles. The van der Waals surface area contributed by atoms with Crippen molar-refractivity contribution in [2.75, 3.05) is 39.8 Å². The second-order valence-corrected chi connectivity index (χ2v) is 16.4. The fourth-order valence-corrected chi connectivity index (χ4v) is 10.1. The number of H-pyrrole nitrogens is 1. The molecule has 3 aliphatic rings. The number of esters is 1. The number of nitrogens with one attached hydrogen (secondary N) is 4. The molecule has 5 atom stereocenters. The van der Waals surface area contributed by atoms with Crippen LogP contribution in [0.1, 0.15) is 59.9 Å². The lowest BCUT2D eigenvalue weighted by Gasteiger charge is -2.48. The van der Waals surface area contributed by atoms with Crippen molar-refractivity contribution in [2.45, 2.75) is 80.6 Å². The molecule has 3 aliphatic heterocycles. The summed E-state index contributed by atoms with van der Waals surface area (Å²) in [6, 6.07) is 13.5. The average Bonchev–Trinajstić information content (AvgIpc) is 3.44. The highest BCUT2D eigenvalue weighted by Gasteiger charge is 2.72. The number of fused-ring (bicyclic) bond motifs is 6. The summed E-state index contributed by atoms with van der Waals surface area (Å²) in [5, 5.41) is 45.9. The van der Waals surface area contributed by atoms with E-state index in [9.17, 15) is 29.7 Å². The van der Waals surface area contributed by atoms with Gasteiger partial charge in [-0.2, -0.15) is 0 Å². The van der Waals surface area contributed by atoms with Gasteiger partial charge in [0.05, 0.1) is 35.0 Å². The summed E-state index contributed by atoms with van der Waals surface area (Å²) in [5.74, 6) is -0.662. The van der Waals surface area contributed by atoms with Gasteiger partial charge in [-0.1, -0.05) is 24.6 Å². The van der Waals surface area contributed by atoms with E-state index < -0.39 is 17.7 Å². The van der Waals surface area contributed by atoms with Crippen molar-refractivity contribution in [3.8, 4) is 5.75 Å². The smallest absolute Gasteiger partial charge is 0.349 e. The van der Waals surface area contributed by atoms with Gasteiger partial charge in [-0.25, -0.2) is 9.59 Å². The lowest BCUT2D eigenvalue weighted by molar-refractivity contribution is -0.956. The van der Waals surface area contributed by atoms with E-state index >= 15 is 0 Å². The highest BCUT2D eigenvalue weighted by Crippen LogP contribution is 2.53. The normalized spacial score (nSPS) is 25.2. The molecule has 2 amide bonds. The number of phenols is 1. The summed E-state index contributed by atoms with van der Waals surface area (Å²) in [6.07, 6.45) is 4.01. The number of hydrogen-bond acceptors (Lipinski definition) is 11. The van der Waals surface area contributed by atoms with Gasteiger partial charge in [0, 0.05) is 50.3 Å². The monoisotopic (exact) mass is 766 g/mol. The third-order valence-corrected chi connectivity index (χ3v) is 13.1. The number of aromatic amines is 1. The largest absolute Gasteiger partial charge is 0.506 e. The van der Waals surface area contributed by atoms with Gasteiger partial charge in [-0.15, -0.1) is 22.7 Å². The Balaban J connectivity index is 0.778. The molecule has 0 spiro atoms. The fourth-order valence-electron chi connectivity index (χ4n) is 8.35. The zero-order valence-corrected chi connectivity index (χ0v) is 31.3. The number of pyridine rings is 1. The lowest BCUT2D eigenvalue weighted by atomic mass is 9.94. The number of nitrogens with zero attached hydrogens (tertiary/aromatic N) is 1. The van der Waals surface area contributed by atoms with Crippen molar-refractivity contribution in [3.05, 3.63) is 85.0 Å². The van der Waals surface area contributed by atoms with Crippen molar-refractivity contribution in [2.24, 2.45) is 0 Å². The molecule has 7 N–H and O–H groups in total. The predicted molar refractivity (Wildman–Crippen MR) is 202 cm³/mol. The Morgan fingerprint density at radius 3 is 2.28 bits per heavy atom. The third kappa shape index (κ3) is 7.74. The number of aliphatic hydroxyl groups is 2. The van der Waals surface area contributed by atoms with Crippen LogP contribution in [0.25, 0.3) is 10.9 Å². The Hall–Kier alpha value is -3.83. The number of aromatic hydroxyl groups is 1. The number of piperidine rings is 1. The molecule has 2 bridgehead atoms. The minimum absolute atomic E-state index is 0.0386. The van der Waals surface area contributed by atoms with Crippen molar-refractivity contribution in [3.63, 3.8) is 0 Å². The van der Waals surface area contributed by atoms with E-state index in [-0.39, 0.29) is 47.7 Å². The van der Waals surface area contributed by atoms with Crippen LogP contribution >= 0.6 is 22.7 Å². The van der Waals surface area contributed by atoms with Gasteiger partial charge in [-0.3, -0.25) is 4.79 Å². The summed E-state index contributed by atoms with van der Waals surface area (Å²) < 4.78 is 12.9. The fraction of sp³-hybridized carbons (Fsp3) is 0.500. The van der Waals surface area contributed by atoms with E-state index in [1.807, 2.05) is 22.9 Å². The number of quaternary nitrogens is 1. The van der Waals surface area contributed by atoms with Crippen LogP contribution in [0.4, 0.5) is 4.79 Å². The topological polar surface area (TPSA) is 186 Å². The summed E-state index contributed by atoms with van der Waals surface area (Å²) in [6.45, 7) is 3.04. The van der Waals surface area contributed by atoms with E-state index in [4.69, 9.17) is 9.47 Å². The molecule has 7 rings (SSSR count). The molecule has 284 valence electrons. The Labute approximate surface area is 315 Å². The molecule has 0 saturated carbocycles. The molecule has 3 fully saturated rings. The van der Waals surface area contributed by atoms with E-state index in [1.54, 1.807) is 24.3 Å². The average molecular weight is 767 g/mol. The van der Waals surface area contributed by atoms with Crippen LogP contribution in [-0.4, -0.2) is 107 Å². The van der Waals surface area contributed by atoms with Crippen molar-refractivity contribution in [1.82, 2.24) is 20.9 Å². The van der Waals surface area contributed by atoms with Gasteiger partial charge in [0.2, 0.25) is 11.2 Å². The Kier molecular flexibility index (Phi) is 11.2. The molecule has 53 heavy (non-hydrogen) atoms. The van der Waals surface area contributed by atoms with Crippen molar-refractivity contribution in [1.29, 1.82) is 0 Å². The maximum Gasteiger partial charge on any atom is 0.349 e. The molecular weight excluding hydrogens is 719 g/mol. The summed E-state index contributed by atoms with van der Waals surface area (Å²) in [7, 11) is 2.25. The number of ether oxygens (including phenoxy) is 2. The number of thiophene rings is 2. The minimum Gasteiger partial charge on any atom is -0.506 e. The number of amides is 2. The van der Waals surface area contributed by atoms with E-state index in [1.165, 1.54) is 34.8 Å². The van der Waals surface area contributed by atoms with E-state index in [0.29, 0.717) is 65.2 Å². The molecule has 6 heterocycles. The third-order valence-electron chi connectivity index (χ3n) is 11.2. The van der Waals surface area contributed by atoms with Crippen LogP contribution in [0.3, 0.4) is 0 Å². The predicted octanol–water partition coefficient (Wildman–Crippen LogP) is 3.45. The van der Waals surface area contributed by atoms with Gasteiger partial charge in [0.15, 0.2) is 0 Å². The number of benzene rings is 1. The van der Waals surface area contributed by atoms with E-state index in [0.717, 1.165) is 36.7 Å². The number of likely N-dealkylation sites (N-methyl/N-ethyl adjacent to an activating group) is 1. The maximum absolute atomic E-state index is 13.6. The first-order valence-corrected chi connectivity index (χ1v) is 20.1. The number of phenolic OH excluding ortho intramolecular Hbond substituents is 1.